The van der Waals surface area contributed by atoms with E-state index >= 15 is 0 Å². The van der Waals surface area contributed by atoms with Crippen LogP contribution in [0.5, 0.6) is 0 Å². The minimum atomic E-state index is -0.195. The predicted octanol–water partition coefficient (Wildman–Crippen LogP) is 7.02. The van der Waals surface area contributed by atoms with Gasteiger partial charge in [-0.25, -0.2) is 0 Å². The van der Waals surface area contributed by atoms with Gasteiger partial charge in [-0.05, 0) is 46.8 Å². The van der Waals surface area contributed by atoms with E-state index in [1.165, 1.54) is 42.4 Å². The molecule has 4 rings (SSSR count). The van der Waals surface area contributed by atoms with E-state index in [-0.39, 0.29) is 5.31 Å². The predicted molar refractivity (Wildman–Crippen MR) is 124 cm³/mol. The molecular formula is C27H30BN. The lowest BCUT2D eigenvalue weighted by Gasteiger charge is -2.45. The summed E-state index contributed by atoms with van der Waals surface area (Å²) in [6.07, 6.45) is 7.96. The molecule has 0 saturated heterocycles. The van der Waals surface area contributed by atoms with Crippen molar-refractivity contribution in [2.75, 3.05) is 0 Å². The van der Waals surface area contributed by atoms with Crippen molar-refractivity contribution in [3.05, 3.63) is 78.5 Å². The molecule has 3 aromatic rings. The van der Waals surface area contributed by atoms with Crippen molar-refractivity contribution in [1.29, 1.82) is 0 Å². The maximum atomic E-state index is 7.08. The fourth-order valence-corrected chi connectivity index (χ4v) is 5.04. The quantitative estimate of drug-likeness (QED) is 0.434. The first-order chi connectivity index (χ1) is 14.1. The topological polar surface area (TPSA) is 12.9 Å². The van der Waals surface area contributed by atoms with Gasteiger partial charge in [0.15, 0.2) is 0 Å². The van der Waals surface area contributed by atoms with Crippen LogP contribution in [0.2, 0.25) is 0 Å². The highest BCUT2D eigenvalue weighted by atomic mass is 14.7. The van der Waals surface area contributed by atoms with Gasteiger partial charge < -0.3 is 0 Å². The van der Waals surface area contributed by atoms with Crippen molar-refractivity contribution in [3.63, 3.8) is 0 Å². The highest BCUT2D eigenvalue weighted by Gasteiger charge is 2.39. The Morgan fingerprint density at radius 3 is 2.41 bits per heavy atom. The van der Waals surface area contributed by atoms with E-state index in [1.807, 2.05) is 12.3 Å². The highest BCUT2D eigenvalue weighted by molar-refractivity contribution is 6.16. The van der Waals surface area contributed by atoms with Crippen molar-refractivity contribution < 1.29 is 0 Å². The average Bonchev–Trinajstić information content (AvgIpc) is 2.77. The summed E-state index contributed by atoms with van der Waals surface area (Å²) in [4.78, 5) is 4.56. The Labute approximate surface area is 177 Å². The molecule has 146 valence electrons. The number of aromatic nitrogens is 1. The molecule has 3 unspecified atom stereocenters. The maximum absolute atomic E-state index is 7.08. The fraction of sp³-hybridized carbons (Fsp3) is 0.370. The van der Waals surface area contributed by atoms with E-state index in [0.717, 1.165) is 17.7 Å². The minimum absolute atomic E-state index is 0.195. The molecule has 0 aliphatic heterocycles. The zero-order valence-electron chi connectivity index (χ0n) is 17.6. The minimum Gasteiger partial charge on any atom is -0.256 e. The summed E-state index contributed by atoms with van der Waals surface area (Å²) < 4.78 is 0. The van der Waals surface area contributed by atoms with Crippen LogP contribution in [0.3, 0.4) is 0 Å². The molecule has 29 heavy (non-hydrogen) atoms. The Bertz CT molecular complexity index is 934. The molecule has 1 nitrogen and oxygen atoms in total. The van der Waals surface area contributed by atoms with Crippen LogP contribution in [-0.4, -0.2) is 12.8 Å². The van der Waals surface area contributed by atoms with Gasteiger partial charge in [0.25, 0.3) is 0 Å². The van der Waals surface area contributed by atoms with Crippen molar-refractivity contribution in [3.8, 4) is 22.4 Å². The molecule has 0 spiro atoms. The zero-order chi connectivity index (χ0) is 20.3. The van der Waals surface area contributed by atoms with Crippen LogP contribution in [0.4, 0.5) is 0 Å². The summed E-state index contributed by atoms with van der Waals surface area (Å²) in [7, 11) is 7.08. The average molecular weight is 379 g/mol. The van der Waals surface area contributed by atoms with E-state index in [4.69, 9.17) is 7.85 Å². The molecule has 2 radical (unpaired) electrons. The molecule has 1 fully saturated rings. The van der Waals surface area contributed by atoms with Gasteiger partial charge in [0.05, 0.1) is 13.5 Å². The van der Waals surface area contributed by atoms with Gasteiger partial charge >= 0.3 is 0 Å². The number of pyridine rings is 1. The van der Waals surface area contributed by atoms with Crippen LogP contribution in [0.1, 0.15) is 51.5 Å². The normalized spacial score (nSPS) is 24.3. The third-order valence-electron chi connectivity index (χ3n) is 6.64. The number of rotatable bonds is 5. The van der Waals surface area contributed by atoms with Crippen LogP contribution < -0.4 is 0 Å². The molecule has 1 aliphatic rings. The lowest BCUT2D eigenvalue weighted by atomic mass is 9.49. The molecule has 1 aromatic heterocycles. The summed E-state index contributed by atoms with van der Waals surface area (Å²) in [6.45, 7) is 4.62. The van der Waals surface area contributed by atoms with Crippen molar-refractivity contribution >= 4 is 7.85 Å². The van der Waals surface area contributed by atoms with E-state index in [1.54, 1.807) is 0 Å². The molecular weight excluding hydrogens is 349 g/mol. The second-order valence-electron chi connectivity index (χ2n) is 8.79. The third kappa shape index (κ3) is 4.17. The molecule has 3 atom stereocenters. The van der Waals surface area contributed by atoms with Crippen molar-refractivity contribution in [2.45, 2.75) is 51.3 Å². The third-order valence-corrected chi connectivity index (χ3v) is 6.64. The first kappa shape index (κ1) is 19.9. The first-order valence-corrected chi connectivity index (χ1v) is 11.0. The largest absolute Gasteiger partial charge is 0.256 e. The van der Waals surface area contributed by atoms with Gasteiger partial charge in [-0.15, -0.1) is 0 Å². The highest BCUT2D eigenvalue weighted by Crippen LogP contribution is 2.46. The summed E-state index contributed by atoms with van der Waals surface area (Å²) in [6, 6.07) is 23.6. The summed E-state index contributed by atoms with van der Waals surface area (Å²) in [5.41, 5.74) is 5.85. The van der Waals surface area contributed by atoms with E-state index in [2.05, 4.69) is 79.5 Å². The number of nitrogens with zero attached hydrogens (tertiary/aromatic N) is 1. The monoisotopic (exact) mass is 379 g/mol. The molecule has 0 bridgehead atoms. The smallest absolute Gasteiger partial charge is 0.0814 e. The standard InChI is InChI=1S/C27H30BN/c1-3-7-24-13-10-20(2)19-27(24,28)25-14-11-21(12-15-25)23-16-17-29-26(18-23)22-8-5-4-6-9-22/h4-6,8-9,11-12,14-18,20,24H,3,7,10,13,19H2,1-2H3. The van der Waals surface area contributed by atoms with Crippen molar-refractivity contribution in [1.82, 2.24) is 4.98 Å². The van der Waals surface area contributed by atoms with Crippen LogP contribution in [0.25, 0.3) is 22.4 Å². The van der Waals surface area contributed by atoms with Gasteiger partial charge in [-0.3, -0.25) is 4.98 Å². The Morgan fingerprint density at radius 2 is 1.69 bits per heavy atom. The van der Waals surface area contributed by atoms with Crippen LogP contribution >= 0.6 is 0 Å². The molecule has 0 amide bonds. The SMILES string of the molecule is [B]C1(c2ccc(-c3ccnc(-c4ccccc4)c3)cc2)CC(C)CCC1CCC. The zero-order valence-corrected chi connectivity index (χ0v) is 17.6. The van der Waals surface area contributed by atoms with Crippen LogP contribution in [-0.2, 0) is 5.31 Å². The van der Waals surface area contributed by atoms with Crippen molar-refractivity contribution in [2.24, 2.45) is 11.8 Å². The van der Waals surface area contributed by atoms with E-state index in [9.17, 15) is 0 Å². The molecule has 2 aromatic carbocycles. The van der Waals surface area contributed by atoms with Gasteiger partial charge in [0.2, 0.25) is 0 Å². The lowest BCUT2D eigenvalue weighted by molar-refractivity contribution is 0.202. The van der Waals surface area contributed by atoms with Gasteiger partial charge in [-0.2, -0.15) is 0 Å². The number of benzene rings is 2. The van der Waals surface area contributed by atoms with E-state index in [0.29, 0.717) is 11.8 Å². The summed E-state index contributed by atoms with van der Waals surface area (Å²) >= 11 is 0. The second kappa shape index (κ2) is 8.57. The fourth-order valence-electron chi connectivity index (χ4n) is 5.04. The second-order valence-corrected chi connectivity index (χ2v) is 8.79. The Hall–Kier alpha value is -2.35. The van der Waals surface area contributed by atoms with Gasteiger partial charge in [0, 0.05) is 11.8 Å². The molecule has 1 aliphatic carbocycles. The Kier molecular flexibility index (Phi) is 5.90. The molecule has 1 heterocycles. The molecule has 2 heteroatoms. The summed E-state index contributed by atoms with van der Waals surface area (Å²) in [5.74, 6) is 1.28. The summed E-state index contributed by atoms with van der Waals surface area (Å²) in [5, 5.41) is -0.195. The van der Waals surface area contributed by atoms with Gasteiger partial charge in [-0.1, -0.05) is 99.7 Å². The Morgan fingerprint density at radius 1 is 0.931 bits per heavy atom. The van der Waals surface area contributed by atoms with Crippen LogP contribution in [0, 0.1) is 11.8 Å². The lowest BCUT2D eigenvalue weighted by Crippen LogP contribution is -2.41. The van der Waals surface area contributed by atoms with E-state index < -0.39 is 0 Å². The van der Waals surface area contributed by atoms with Gasteiger partial charge in [0.1, 0.15) is 0 Å². The Balaban J connectivity index is 1.63. The number of hydrogen-bond donors (Lipinski definition) is 0. The molecule has 0 N–H and O–H groups in total. The first-order valence-electron chi connectivity index (χ1n) is 11.0. The molecule has 1 saturated carbocycles. The van der Waals surface area contributed by atoms with Crippen LogP contribution in [0.15, 0.2) is 72.9 Å². The number of hydrogen-bond acceptors (Lipinski definition) is 1. The maximum Gasteiger partial charge on any atom is 0.0814 e.